The van der Waals surface area contributed by atoms with E-state index in [1.807, 2.05) is 60.7 Å². The molecule has 3 rings (SSSR count). The summed E-state index contributed by atoms with van der Waals surface area (Å²) in [6, 6.07) is 19.2. The zero-order valence-electron chi connectivity index (χ0n) is 14.4. The molecule has 5 nitrogen and oxygen atoms in total. The van der Waals surface area contributed by atoms with Crippen molar-refractivity contribution in [3.05, 3.63) is 67.0 Å². The quantitative estimate of drug-likeness (QED) is 0.500. The number of carbonyl (C=O) groups is 1. The van der Waals surface area contributed by atoms with Crippen molar-refractivity contribution in [2.45, 2.75) is 11.4 Å². The van der Waals surface area contributed by atoms with Crippen LogP contribution in [0.1, 0.15) is 6.42 Å². The predicted octanol–water partition coefficient (Wildman–Crippen LogP) is 4.27. The van der Waals surface area contributed by atoms with Crippen LogP contribution in [0.3, 0.4) is 0 Å². The van der Waals surface area contributed by atoms with Crippen molar-refractivity contribution < 1.29 is 9.53 Å². The van der Waals surface area contributed by atoms with E-state index < -0.39 is 0 Å². The van der Waals surface area contributed by atoms with Crippen LogP contribution >= 0.6 is 11.8 Å². The topological polar surface area (TPSA) is 64.1 Å². The Labute approximate surface area is 156 Å². The average Bonchev–Trinajstić information content (AvgIpc) is 2.69. The van der Waals surface area contributed by atoms with Crippen LogP contribution in [-0.2, 0) is 4.79 Å². The van der Waals surface area contributed by atoms with Gasteiger partial charge in [0.2, 0.25) is 5.91 Å². The highest BCUT2D eigenvalue weighted by atomic mass is 32.2. The molecule has 1 heterocycles. The first-order valence-electron chi connectivity index (χ1n) is 8.19. The maximum Gasteiger partial charge on any atom is 0.225 e. The molecule has 3 aromatic rings. The van der Waals surface area contributed by atoms with Crippen molar-refractivity contribution in [2.24, 2.45) is 0 Å². The Balaban J connectivity index is 1.50. The van der Waals surface area contributed by atoms with Crippen LogP contribution in [0, 0.1) is 0 Å². The number of aromatic nitrogens is 2. The smallest absolute Gasteiger partial charge is 0.225 e. The predicted molar refractivity (Wildman–Crippen MR) is 104 cm³/mol. The van der Waals surface area contributed by atoms with Crippen molar-refractivity contribution in [2.75, 3.05) is 18.2 Å². The zero-order valence-corrected chi connectivity index (χ0v) is 15.2. The number of rotatable bonds is 7. The summed E-state index contributed by atoms with van der Waals surface area (Å²) in [6.45, 7) is 0. The largest absolute Gasteiger partial charge is 0.497 e. The molecular formula is C20H19N3O2S. The number of thioether (sulfide) groups is 1. The van der Waals surface area contributed by atoms with E-state index in [1.54, 1.807) is 25.2 Å². The number of hydrogen-bond donors (Lipinski definition) is 1. The van der Waals surface area contributed by atoms with Gasteiger partial charge in [0.15, 0.2) is 0 Å². The number of nitrogens with one attached hydrogen (secondary N) is 1. The summed E-state index contributed by atoms with van der Waals surface area (Å²) in [5.74, 6) is 1.38. The normalized spacial score (nSPS) is 10.3. The van der Waals surface area contributed by atoms with Gasteiger partial charge in [0.05, 0.1) is 17.8 Å². The summed E-state index contributed by atoms with van der Waals surface area (Å²) in [5.41, 5.74) is 2.69. The molecule has 0 bridgehead atoms. The van der Waals surface area contributed by atoms with Gasteiger partial charge in [0, 0.05) is 23.4 Å². The second-order valence-electron chi connectivity index (χ2n) is 5.48. The lowest BCUT2D eigenvalue weighted by atomic mass is 10.1. The van der Waals surface area contributed by atoms with Gasteiger partial charge in [-0.2, -0.15) is 0 Å². The van der Waals surface area contributed by atoms with Crippen molar-refractivity contribution in [1.82, 2.24) is 9.97 Å². The van der Waals surface area contributed by atoms with Crippen LogP contribution < -0.4 is 10.1 Å². The molecule has 2 aromatic carbocycles. The summed E-state index contributed by atoms with van der Waals surface area (Å²) in [6.07, 6.45) is 1.96. The highest BCUT2D eigenvalue weighted by molar-refractivity contribution is 7.99. The van der Waals surface area contributed by atoms with Gasteiger partial charge in [0.1, 0.15) is 12.1 Å². The molecule has 1 aromatic heterocycles. The standard InChI is InChI=1S/C20H19N3O2S/c1-25-17-9-7-16(8-10-17)23-19(24)11-12-26-20-13-18(21-14-22-20)15-5-3-2-4-6-15/h2-10,13-14H,11-12H2,1H3,(H,23,24). The van der Waals surface area contributed by atoms with Gasteiger partial charge in [0.25, 0.3) is 0 Å². The molecule has 6 heteroatoms. The van der Waals surface area contributed by atoms with Crippen LogP contribution in [0.2, 0.25) is 0 Å². The molecule has 0 spiro atoms. The van der Waals surface area contributed by atoms with Gasteiger partial charge in [-0.05, 0) is 30.3 Å². The van der Waals surface area contributed by atoms with Crippen LogP contribution in [0.15, 0.2) is 72.0 Å². The Morgan fingerprint density at radius 3 is 2.58 bits per heavy atom. The Morgan fingerprint density at radius 1 is 1.08 bits per heavy atom. The van der Waals surface area contributed by atoms with Crippen molar-refractivity contribution in [3.8, 4) is 17.0 Å². The number of methoxy groups -OCH3 is 1. The van der Waals surface area contributed by atoms with E-state index in [-0.39, 0.29) is 5.91 Å². The van der Waals surface area contributed by atoms with Crippen LogP contribution in [0.5, 0.6) is 5.75 Å². The molecule has 0 aliphatic heterocycles. The van der Waals surface area contributed by atoms with Crippen LogP contribution in [0.25, 0.3) is 11.3 Å². The highest BCUT2D eigenvalue weighted by Gasteiger charge is 2.06. The molecule has 0 saturated carbocycles. The lowest BCUT2D eigenvalue weighted by molar-refractivity contribution is -0.115. The number of nitrogens with zero attached hydrogens (tertiary/aromatic N) is 2. The maximum absolute atomic E-state index is 12.1. The fourth-order valence-corrected chi connectivity index (χ4v) is 3.14. The first kappa shape index (κ1) is 17.9. The van der Waals surface area contributed by atoms with Crippen LogP contribution in [0.4, 0.5) is 5.69 Å². The summed E-state index contributed by atoms with van der Waals surface area (Å²) >= 11 is 1.54. The number of amides is 1. The fraction of sp³-hybridized carbons (Fsp3) is 0.150. The Morgan fingerprint density at radius 2 is 1.85 bits per heavy atom. The monoisotopic (exact) mass is 365 g/mol. The van der Waals surface area contributed by atoms with E-state index >= 15 is 0 Å². The van der Waals surface area contributed by atoms with E-state index in [1.165, 1.54) is 0 Å². The summed E-state index contributed by atoms with van der Waals surface area (Å²) in [5, 5.41) is 3.73. The van der Waals surface area contributed by atoms with Gasteiger partial charge in [-0.1, -0.05) is 30.3 Å². The molecular weight excluding hydrogens is 346 g/mol. The van der Waals surface area contributed by atoms with Crippen molar-refractivity contribution in [1.29, 1.82) is 0 Å². The molecule has 0 radical (unpaired) electrons. The Hall–Kier alpha value is -2.86. The van der Waals surface area contributed by atoms with E-state index in [0.29, 0.717) is 12.2 Å². The third-order valence-corrected chi connectivity index (χ3v) is 4.59. The van der Waals surface area contributed by atoms with Gasteiger partial charge in [-0.15, -0.1) is 11.8 Å². The molecule has 0 atom stereocenters. The molecule has 1 N–H and O–H groups in total. The lowest BCUT2D eigenvalue weighted by Crippen LogP contribution is -2.12. The van der Waals surface area contributed by atoms with Gasteiger partial charge < -0.3 is 10.1 Å². The number of hydrogen-bond acceptors (Lipinski definition) is 5. The molecule has 0 aliphatic rings. The molecule has 26 heavy (non-hydrogen) atoms. The minimum Gasteiger partial charge on any atom is -0.497 e. The summed E-state index contributed by atoms with van der Waals surface area (Å²) in [7, 11) is 1.61. The molecule has 0 unspecified atom stereocenters. The second kappa shape index (κ2) is 9.01. The van der Waals surface area contributed by atoms with E-state index in [2.05, 4.69) is 15.3 Å². The average molecular weight is 365 g/mol. The molecule has 0 aliphatic carbocycles. The number of benzene rings is 2. The Kier molecular flexibility index (Phi) is 6.22. The third kappa shape index (κ3) is 5.07. The van der Waals surface area contributed by atoms with Gasteiger partial charge >= 0.3 is 0 Å². The molecule has 1 amide bonds. The maximum atomic E-state index is 12.1. The van der Waals surface area contributed by atoms with E-state index in [4.69, 9.17) is 4.74 Å². The van der Waals surface area contributed by atoms with E-state index in [0.717, 1.165) is 27.7 Å². The number of ether oxygens (including phenoxy) is 1. The van der Waals surface area contributed by atoms with Crippen molar-refractivity contribution >= 4 is 23.4 Å². The lowest BCUT2D eigenvalue weighted by Gasteiger charge is -2.06. The van der Waals surface area contributed by atoms with E-state index in [9.17, 15) is 4.79 Å². The van der Waals surface area contributed by atoms with Gasteiger partial charge in [-0.3, -0.25) is 4.79 Å². The number of anilines is 1. The Bertz CT molecular complexity index is 854. The third-order valence-electron chi connectivity index (χ3n) is 3.66. The second-order valence-corrected chi connectivity index (χ2v) is 6.60. The molecule has 0 fully saturated rings. The first-order chi connectivity index (χ1) is 12.7. The number of carbonyl (C=O) groups excluding carboxylic acids is 1. The summed E-state index contributed by atoms with van der Waals surface area (Å²) in [4.78, 5) is 20.6. The molecule has 132 valence electrons. The van der Waals surface area contributed by atoms with Gasteiger partial charge in [-0.25, -0.2) is 9.97 Å². The first-order valence-corrected chi connectivity index (χ1v) is 9.17. The highest BCUT2D eigenvalue weighted by Crippen LogP contribution is 2.22. The minimum absolute atomic E-state index is 0.0278. The van der Waals surface area contributed by atoms with Crippen molar-refractivity contribution in [3.63, 3.8) is 0 Å². The van der Waals surface area contributed by atoms with Crippen LogP contribution in [-0.4, -0.2) is 28.7 Å². The zero-order chi connectivity index (χ0) is 18.2. The summed E-state index contributed by atoms with van der Waals surface area (Å²) < 4.78 is 5.10. The fourth-order valence-electron chi connectivity index (χ4n) is 2.33. The molecule has 0 saturated heterocycles. The SMILES string of the molecule is COc1ccc(NC(=O)CCSc2cc(-c3ccccc3)ncn2)cc1. The minimum atomic E-state index is -0.0278.